The lowest BCUT2D eigenvalue weighted by molar-refractivity contribution is 0.0716. The summed E-state index contributed by atoms with van der Waals surface area (Å²) in [5.74, 6) is 1.01. The fourth-order valence-corrected chi connectivity index (χ4v) is 4.70. The van der Waals surface area contributed by atoms with Gasteiger partial charge in [-0.1, -0.05) is 36.4 Å². The molecule has 3 aromatic carbocycles. The summed E-state index contributed by atoms with van der Waals surface area (Å²) < 4.78 is 12.1. The quantitative estimate of drug-likeness (QED) is 0.436. The molecule has 0 fully saturated rings. The monoisotopic (exact) mass is 455 g/mol. The highest BCUT2D eigenvalue weighted by Gasteiger charge is 2.42. The van der Waals surface area contributed by atoms with Gasteiger partial charge in [0.05, 0.1) is 17.0 Å². The molecule has 34 heavy (non-hydrogen) atoms. The van der Waals surface area contributed by atoms with E-state index in [0.717, 1.165) is 16.7 Å². The van der Waals surface area contributed by atoms with Gasteiger partial charge in [-0.15, -0.1) is 0 Å². The van der Waals surface area contributed by atoms with E-state index >= 15 is 0 Å². The Kier molecular flexibility index (Phi) is 5.67. The number of aliphatic hydroxyl groups is 1. The first-order chi connectivity index (χ1) is 16.5. The molecule has 1 N–H and O–H groups in total. The summed E-state index contributed by atoms with van der Waals surface area (Å²) in [6, 6.07) is 19.9. The zero-order valence-corrected chi connectivity index (χ0v) is 19.1. The van der Waals surface area contributed by atoms with Crippen LogP contribution in [0.15, 0.2) is 75.9 Å². The third kappa shape index (κ3) is 3.76. The maximum atomic E-state index is 13.8. The van der Waals surface area contributed by atoms with Gasteiger partial charge in [0, 0.05) is 13.2 Å². The summed E-state index contributed by atoms with van der Waals surface area (Å²) in [5, 5.41) is 9.92. The van der Waals surface area contributed by atoms with Crippen LogP contribution in [0.3, 0.4) is 0 Å². The summed E-state index contributed by atoms with van der Waals surface area (Å²) in [5.41, 5.74) is 3.06. The van der Waals surface area contributed by atoms with E-state index < -0.39 is 6.04 Å². The molecule has 1 unspecified atom stereocenters. The molecule has 5 rings (SSSR count). The highest BCUT2D eigenvalue weighted by atomic mass is 16.5. The number of hydrogen-bond acceptors (Lipinski definition) is 5. The zero-order chi connectivity index (χ0) is 23.8. The molecule has 6 heteroatoms. The van der Waals surface area contributed by atoms with E-state index in [9.17, 15) is 14.7 Å². The summed E-state index contributed by atoms with van der Waals surface area (Å²) >= 11 is 0. The number of carbonyl (C=O) groups excluding carboxylic acids is 1. The Hall–Kier alpha value is -3.90. The Bertz CT molecular complexity index is 1440. The van der Waals surface area contributed by atoms with Gasteiger partial charge in [-0.3, -0.25) is 9.59 Å². The summed E-state index contributed by atoms with van der Waals surface area (Å²) in [7, 11) is 0. The van der Waals surface area contributed by atoms with Crippen molar-refractivity contribution in [1.82, 2.24) is 4.90 Å². The Balaban J connectivity index is 1.67. The van der Waals surface area contributed by atoms with Gasteiger partial charge in [0.2, 0.25) is 5.76 Å². The lowest BCUT2D eigenvalue weighted by Crippen LogP contribution is -2.31. The smallest absolute Gasteiger partial charge is 0.290 e. The molecule has 0 radical (unpaired) electrons. The molecule has 2 heterocycles. The van der Waals surface area contributed by atoms with Crippen LogP contribution in [0.2, 0.25) is 0 Å². The molecule has 0 saturated carbocycles. The minimum Gasteiger partial charge on any atom is -0.457 e. The second kappa shape index (κ2) is 8.80. The van der Waals surface area contributed by atoms with Crippen molar-refractivity contribution in [3.63, 3.8) is 0 Å². The average Bonchev–Trinajstić information content (AvgIpc) is 3.10. The average molecular weight is 456 g/mol. The van der Waals surface area contributed by atoms with Crippen LogP contribution in [0.4, 0.5) is 0 Å². The van der Waals surface area contributed by atoms with Crippen LogP contribution in [0.1, 0.15) is 45.3 Å². The molecule has 1 aliphatic rings. The number of benzene rings is 3. The van der Waals surface area contributed by atoms with Crippen molar-refractivity contribution in [3.05, 3.63) is 105 Å². The van der Waals surface area contributed by atoms with Crippen molar-refractivity contribution in [3.8, 4) is 11.5 Å². The van der Waals surface area contributed by atoms with Crippen molar-refractivity contribution >= 4 is 16.9 Å². The van der Waals surface area contributed by atoms with Crippen LogP contribution < -0.4 is 10.2 Å². The molecule has 1 aliphatic heterocycles. The standard InChI is InChI=1S/C28H25NO5/c1-17-14-18(2)23-22(15-17)34-27-24(26(23)31)25(29(28(27)32)12-7-13-30)19-8-6-11-21(16-19)33-20-9-4-3-5-10-20/h3-6,8-11,14-16,25,30H,7,12-13H2,1-2H3. The number of fused-ring (bicyclic) bond motifs is 2. The van der Waals surface area contributed by atoms with E-state index in [4.69, 9.17) is 9.15 Å². The molecule has 4 aromatic rings. The number of hydrogen-bond donors (Lipinski definition) is 1. The molecule has 1 aromatic heterocycles. The molecular weight excluding hydrogens is 430 g/mol. The van der Waals surface area contributed by atoms with Crippen molar-refractivity contribution in [2.45, 2.75) is 26.3 Å². The van der Waals surface area contributed by atoms with Crippen molar-refractivity contribution in [1.29, 1.82) is 0 Å². The Labute approximate surface area is 197 Å². The van der Waals surface area contributed by atoms with Crippen molar-refractivity contribution in [2.24, 2.45) is 0 Å². The molecule has 172 valence electrons. The Morgan fingerprint density at radius 3 is 2.50 bits per heavy atom. The number of aliphatic hydroxyl groups excluding tert-OH is 1. The van der Waals surface area contributed by atoms with Gasteiger partial charge in [-0.05, 0) is 67.3 Å². The third-order valence-corrected chi connectivity index (χ3v) is 6.12. The van der Waals surface area contributed by atoms with E-state index in [1.165, 1.54) is 0 Å². The van der Waals surface area contributed by atoms with Crippen LogP contribution in [-0.2, 0) is 0 Å². The maximum absolute atomic E-state index is 13.8. The summed E-state index contributed by atoms with van der Waals surface area (Å²) in [6.07, 6.45) is 0.391. The molecule has 1 amide bonds. The van der Waals surface area contributed by atoms with E-state index in [-0.39, 0.29) is 23.7 Å². The number of carbonyl (C=O) groups is 1. The molecule has 6 nitrogen and oxygen atoms in total. The second-order valence-electron chi connectivity index (χ2n) is 8.59. The predicted molar refractivity (Wildman–Crippen MR) is 129 cm³/mol. The van der Waals surface area contributed by atoms with E-state index in [0.29, 0.717) is 41.0 Å². The minimum atomic E-state index is -0.630. The molecule has 0 spiro atoms. The second-order valence-corrected chi connectivity index (χ2v) is 8.59. The van der Waals surface area contributed by atoms with Gasteiger partial charge < -0.3 is 19.2 Å². The largest absolute Gasteiger partial charge is 0.457 e. The van der Waals surface area contributed by atoms with Gasteiger partial charge in [-0.2, -0.15) is 0 Å². The first kappa shape index (κ1) is 21.9. The summed E-state index contributed by atoms with van der Waals surface area (Å²) in [4.78, 5) is 28.8. The van der Waals surface area contributed by atoms with Gasteiger partial charge in [-0.25, -0.2) is 0 Å². The van der Waals surface area contributed by atoms with Crippen LogP contribution in [0.25, 0.3) is 11.0 Å². The minimum absolute atomic E-state index is 0.0638. The van der Waals surface area contributed by atoms with Crippen LogP contribution in [-0.4, -0.2) is 29.1 Å². The van der Waals surface area contributed by atoms with Gasteiger partial charge in [0.25, 0.3) is 5.91 Å². The first-order valence-electron chi connectivity index (χ1n) is 11.3. The van der Waals surface area contributed by atoms with Crippen LogP contribution in [0, 0.1) is 13.8 Å². The summed E-state index contributed by atoms with van der Waals surface area (Å²) in [6.45, 7) is 4.03. The van der Waals surface area contributed by atoms with Crippen molar-refractivity contribution in [2.75, 3.05) is 13.2 Å². The topological polar surface area (TPSA) is 80.0 Å². The number of ether oxygens (including phenoxy) is 1. The number of aryl methyl sites for hydroxylation is 2. The Morgan fingerprint density at radius 2 is 1.74 bits per heavy atom. The molecule has 0 bridgehead atoms. The highest BCUT2D eigenvalue weighted by Crippen LogP contribution is 2.40. The zero-order valence-electron chi connectivity index (χ0n) is 19.1. The van der Waals surface area contributed by atoms with Crippen LogP contribution in [0.5, 0.6) is 11.5 Å². The SMILES string of the molecule is Cc1cc(C)c2c(=O)c3c(oc2c1)C(=O)N(CCCO)C3c1cccc(Oc2ccccc2)c1. The predicted octanol–water partition coefficient (Wildman–Crippen LogP) is 5.13. The number of amides is 1. The maximum Gasteiger partial charge on any atom is 0.290 e. The Morgan fingerprint density at radius 1 is 0.971 bits per heavy atom. The van der Waals surface area contributed by atoms with Gasteiger partial charge in [0.15, 0.2) is 5.43 Å². The third-order valence-electron chi connectivity index (χ3n) is 6.12. The van der Waals surface area contributed by atoms with Crippen molar-refractivity contribution < 1.29 is 19.1 Å². The first-order valence-corrected chi connectivity index (χ1v) is 11.3. The fraction of sp³-hybridized carbons (Fsp3) is 0.214. The molecule has 0 saturated heterocycles. The van der Waals surface area contributed by atoms with E-state index in [1.54, 1.807) is 11.0 Å². The fourth-order valence-electron chi connectivity index (χ4n) is 4.70. The lowest BCUT2D eigenvalue weighted by Gasteiger charge is -2.25. The molecule has 0 aliphatic carbocycles. The van der Waals surface area contributed by atoms with E-state index in [1.807, 2.05) is 74.5 Å². The highest BCUT2D eigenvalue weighted by molar-refractivity contribution is 5.99. The molecule has 1 atom stereocenters. The number of rotatable bonds is 6. The number of para-hydroxylation sites is 1. The number of nitrogens with zero attached hydrogens (tertiary/aromatic N) is 1. The van der Waals surface area contributed by atoms with E-state index in [2.05, 4.69) is 0 Å². The lowest BCUT2D eigenvalue weighted by atomic mass is 9.96. The normalized spacial score (nSPS) is 15.1. The van der Waals surface area contributed by atoms with Crippen LogP contribution >= 0.6 is 0 Å². The van der Waals surface area contributed by atoms with Gasteiger partial charge in [0.1, 0.15) is 17.1 Å². The molecular formula is C28H25NO5. The van der Waals surface area contributed by atoms with Gasteiger partial charge >= 0.3 is 0 Å².